The molecule has 746 valence electrons. The van der Waals surface area contributed by atoms with Gasteiger partial charge in [0.15, 0.2) is 50.3 Å². The number of nitrogens with one attached hydrogen (secondary N) is 4. The standard InChI is InChI=1S/C73H122N4O52/c1-19-25(92)7-73(111-18-87,128-56(19)40(94)26(93)8-78)129-62-44(98)30(12-82)114-70(55(62)109)124-60-34(16-86)118-66(38(49(60)103)76-23(5)90)126-63-51(105)42(96)28(10-80)115-71(63)110-17-35-45(99)61(54(108)69(120-35)123-59-33(15-85)117-65(37(47(59)101)75-22(4)89)121-57-31(13-83)112-20(2)36(46(57)100)74-21(3)88)125-72-64(52(106)43(97)29(11-81)116-72)127-67-39(77-24(6)91)48(102)58(32(14-84)119-67)122-68-53(107)50(104)41(95)27(9-79)113-68/h18-20,25-72,78-86,92-109H,7-17H2,1-6H3,(H,74,88)(H,75,89)(H,76,90)(H,77,91)/t19-,20+,25-,26-,27?,28?,29?,30?,31?,32?,33?,34+,35?,36?,37?,38?,39?,40+,41+,42-,43-,44+,45-,46-,47-,48-,49?,50+,51+,52?,53?,54?,55?,56?,57-,58-,59-,60-,61+,62+,63?,64?,65+,66+,67+,68+,69+,70+,71+,72-,73+/m1/s1. The van der Waals surface area contributed by atoms with E-state index in [1.165, 1.54) is 13.8 Å². The van der Waals surface area contributed by atoms with Crippen molar-refractivity contribution in [1.82, 2.24) is 21.3 Å². The fourth-order valence-corrected chi connectivity index (χ4v) is 17.0. The van der Waals surface area contributed by atoms with Crippen molar-refractivity contribution in [2.75, 3.05) is 66.1 Å². The van der Waals surface area contributed by atoms with Gasteiger partial charge in [0.2, 0.25) is 23.6 Å². The molecule has 10 aliphatic heterocycles. The summed E-state index contributed by atoms with van der Waals surface area (Å²) in [6, 6.07) is -7.16. The van der Waals surface area contributed by atoms with Gasteiger partial charge in [0.1, 0.15) is 226 Å². The highest BCUT2D eigenvalue weighted by molar-refractivity contribution is 5.74. The number of hydrogen-bond donors (Lipinski definition) is 31. The summed E-state index contributed by atoms with van der Waals surface area (Å²) < 4.78 is 119. The number of carbonyl (C=O) groups excluding carboxylic acids is 5. The van der Waals surface area contributed by atoms with Crippen LogP contribution < -0.4 is 21.3 Å². The van der Waals surface area contributed by atoms with Crippen molar-refractivity contribution < 1.29 is 257 Å². The molecular formula is C73H122N4O52. The van der Waals surface area contributed by atoms with Crippen molar-refractivity contribution in [3.63, 3.8) is 0 Å². The van der Waals surface area contributed by atoms with E-state index in [2.05, 4.69) is 21.3 Å². The SMILES string of the molecule is CC(=O)NC1C(O)[C@H](O[C@@H]2OC(CO)[C@H](O)[C@H](O[C@]3(OC=O)C[C@@H](O)[C@@H](C)C([C@@H](O)[C@H](O)CO)O3)C2O)[C@H](CO)O[C@H]1OC1[C@@H](OCC2O[C@@H](O[C@@H]3C(CO)O[C@@H](O[C@@H]4C(CO)O[C@@H](C)C(NC(C)=O)[C@H]4O)C(NC(C)=O)[C@H]3O)C(O)[C@@H](O[C@H]3OC(CO)[C@@H](O)C(O)C3O[C@@H]3OC(CO)[C@@H](O[C@@H]4OC(CO)[C@H](O)[C@H](O)C4O)[C@H](O)C3NC(C)=O)[C@@H]2O)OC(CO)[C@@H](O)[C@@H]1O. The van der Waals surface area contributed by atoms with Gasteiger partial charge in [-0.05, 0) is 6.92 Å². The highest BCUT2D eigenvalue weighted by atomic mass is 16.9. The quantitative estimate of drug-likeness (QED) is 0.0205. The van der Waals surface area contributed by atoms with E-state index in [1.807, 2.05) is 0 Å². The van der Waals surface area contributed by atoms with Crippen molar-refractivity contribution in [1.29, 1.82) is 0 Å². The first-order chi connectivity index (χ1) is 61.0. The molecule has 31 N–H and O–H groups in total. The zero-order valence-corrected chi connectivity index (χ0v) is 70.0. The van der Waals surface area contributed by atoms with Crippen molar-refractivity contribution in [3.05, 3.63) is 0 Å². The van der Waals surface area contributed by atoms with Crippen LogP contribution in [-0.4, -0.2) is 540 Å². The maximum atomic E-state index is 13.2. The first kappa shape index (κ1) is 107. The van der Waals surface area contributed by atoms with Gasteiger partial charge >= 0.3 is 5.97 Å². The normalized spacial score (nSPS) is 48.1. The van der Waals surface area contributed by atoms with Crippen molar-refractivity contribution >= 4 is 30.1 Å². The zero-order valence-electron chi connectivity index (χ0n) is 70.0. The smallest absolute Gasteiger partial charge is 0.332 e. The van der Waals surface area contributed by atoms with Gasteiger partial charge in [-0.2, -0.15) is 0 Å². The molecule has 0 aliphatic carbocycles. The predicted octanol–water partition coefficient (Wildman–Crippen LogP) is -20.6. The Morgan fingerprint density at radius 2 is 0.667 bits per heavy atom. The molecule has 20 unspecified atom stereocenters. The number of hydrogen-bond acceptors (Lipinski definition) is 52. The summed E-state index contributed by atoms with van der Waals surface area (Å²) in [6.45, 7) is -4.83. The van der Waals surface area contributed by atoms with E-state index in [1.54, 1.807) is 0 Å². The molecule has 0 aromatic rings. The molecule has 0 aromatic carbocycles. The molecule has 0 bridgehead atoms. The summed E-state index contributed by atoms with van der Waals surface area (Å²) in [5, 5.41) is 313. The summed E-state index contributed by atoms with van der Waals surface area (Å²) in [7, 11) is 0. The summed E-state index contributed by atoms with van der Waals surface area (Å²) in [5.74, 6) is -7.56. The molecule has 0 radical (unpaired) electrons. The minimum absolute atomic E-state index is 0.254. The zero-order chi connectivity index (χ0) is 95.1. The summed E-state index contributed by atoms with van der Waals surface area (Å²) >= 11 is 0. The third-order valence-corrected chi connectivity index (χ3v) is 24.0. The summed E-state index contributed by atoms with van der Waals surface area (Å²) in [4.78, 5) is 63.8. The monoisotopic (exact) mass is 1890 g/mol. The summed E-state index contributed by atoms with van der Waals surface area (Å²) in [5.41, 5.74) is 0. The lowest BCUT2D eigenvalue weighted by Gasteiger charge is -2.51. The van der Waals surface area contributed by atoms with Crippen LogP contribution in [0.15, 0.2) is 0 Å². The number of aliphatic hydroxyl groups is 27. The highest BCUT2D eigenvalue weighted by Crippen LogP contribution is 2.44. The molecule has 51 atom stereocenters. The van der Waals surface area contributed by atoms with Gasteiger partial charge in [0.25, 0.3) is 6.47 Å². The van der Waals surface area contributed by atoms with Crippen LogP contribution in [0.25, 0.3) is 0 Å². The molecule has 4 amide bonds. The molecule has 10 rings (SSSR count). The minimum Gasteiger partial charge on any atom is -0.410 e. The van der Waals surface area contributed by atoms with Gasteiger partial charge in [-0.3, -0.25) is 24.0 Å². The van der Waals surface area contributed by atoms with Crippen molar-refractivity contribution in [3.8, 4) is 0 Å². The average Bonchev–Trinajstić information content (AvgIpc) is 0.759. The number of ether oxygens (including phenoxy) is 20. The van der Waals surface area contributed by atoms with Crippen LogP contribution in [0.1, 0.15) is 48.0 Å². The predicted molar refractivity (Wildman–Crippen MR) is 399 cm³/mol. The Bertz CT molecular complexity index is 3520. The molecule has 56 nitrogen and oxygen atoms in total. The van der Waals surface area contributed by atoms with Crippen LogP contribution in [0.5, 0.6) is 0 Å². The molecule has 10 heterocycles. The summed E-state index contributed by atoms with van der Waals surface area (Å²) in [6.07, 6.45) is -94.7. The molecule has 0 spiro atoms. The van der Waals surface area contributed by atoms with E-state index in [9.17, 15) is 162 Å². The molecule has 10 saturated heterocycles. The lowest BCUT2D eigenvalue weighted by Crippen LogP contribution is -2.71. The van der Waals surface area contributed by atoms with Gasteiger partial charge in [-0.1, -0.05) is 6.92 Å². The first-order valence-corrected chi connectivity index (χ1v) is 41.4. The van der Waals surface area contributed by atoms with Gasteiger partial charge < -0.3 is 254 Å². The Balaban J connectivity index is 0.967. The van der Waals surface area contributed by atoms with E-state index in [-0.39, 0.29) is 6.47 Å². The highest BCUT2D eigenvalue weighted by Gasteiger charge is 2.63. The molecule has 56 heteroatoms. The van der Waals surface area contributed by atoms with Crippen molar-refractivity contribution in [2.24, 2.45) is 5.92 Å². The lowest BCUT2D eigenvalue weighted by atomic mass is 9.87. The van der Waals surface area contributed by atoms with Crippen molar-refractivity contribution in [2.45, 2.75) is 354 Å². The Morgan fingerprint density at radius 3 is 1.08 bits per heavy atom. The third kappa shape index (κ3) is 23.7. The minimum atomic E-state index is -2.88. The van der Waals surface area contributed by atoms with Gasteiger partial charge in [0, 0.05) is 33.6 Å². The van der Waals surface area contributed by atoms with E-state index in [4.69, 9.17) is 94.7 Å². The fourth-order valence-electron chi connectivity index (χ4n) is 17.0. The molecule has 10 aliphatic rings. The number of rotatable bonds is 36. The van der Waals surface area contributed by atoms with Crippen LogP contribution in [-0.2, 0) is 119 Å². The lowest BCUT2D eigenvalue weighted by molar-refractivity contribution is -0.448. The molecular weight excluding hydrogens is 1760 g/mol. The van der Waals surface area contributed by atoms with Crippen LogP contribution in [0.2, 0.25) is 0 Å². The third-order valence-electron chi connectivity index (χ3n) is 24.0. The fraction of sp³-hybridized carbons (Fsp3) is 0.932. The largest absolute Gasteiger partial charge is 0.410 e. The van der Waals surface area contributed by atoms with E-state index >= 15 is 0 Å². The van der Waals surface area contributed by atoms with Crippen LogP contribution in [0.4, 0.5) is 0 Å². The van der Waals surface area contributed by atoms with Crippen LogP contribution >= 0.6 is 0 Å². The Hall–Kier alpha value is -4.49. The topological polar surface area (TPSA) is 864 Å². The average molecular weight is 1890 g/mol. The van der Waals surface area contributed by atoms with Gasteiger partial charge in [-0.15, -0.1) is 0 Å². The second kappa shape index (κ2) is 46.6. The van der Waals surface area contributed by atoms with Crippen LogP contribution in [0, 0.1) is 5.92 Å². The second-order valence-electron chi connectivity index (χ2n) is 32.9. The Labute approximate surface area is 732 Å². The Morgan fingerprint density at radius 1 is 0.349 bits per heavy atom. The molecule has 0 saturated carbocycles. The number of amides is 4. The van der Waals surface area contributed by atoms with E-state index in [0.29, 0.717) is 0 Å². The Kier molecular flexibility index (Phi) is 38.5. The van der Waals surface area contributed by atoms with Gasteiger partial charge in [-0.25, -0.2) is 0 Å². The number of carbonyl (C=O) groups is 5. The maximum absolute atomic E-state index is 13.2. The molecule has 10 fully saturated rings. The van der Waals surface area contributed by atoms with E-state index in [0.717, 1.165) is 27.7 Å². The second-order valence-corrected chi connectivity index (χ2v) is 32.9. The number of aliphatic hydroxyl groups excluding tert-OH is 27. The van der Waals surface area contributed by atoms with Crippen LogP contribution in [0.3, 0.4) is 0 Å². The van der Waals surface area contributed by atoms with E-state index < -0.39 is 408 Å². The molecule has 129 heavy (non-hydrogen) atoms. The maximum Gasteiger partial charge on any atom is 0.332 e. The molecule has 0 aromatic heterocycles. The first-order valence-electron chi connectivity index (χ1n) is 41.4. The van der Waals surface area contributed by atoms with Gasteiger partial charge in [0.05, 0.1) is 96.8 Å².